The average molecular weight is 379 g/mol. The molecule has 5 nitrogen and oxygen atoms in total. The molecule has 0 amide bonds. The molecule has 3 rings (SSSR count). The van der Waals surface area contributed by atoms with Gasteiger partial charge < -0.3 is 21.1 Å². The number of nitrogens with zero attached hydrogens (tertiary/aromatic N) is 2. The summed E-state index contributed by atoms with van der Waals surface area (Å²) >= 11 is 0. The van der Waals surface area contributed by atoms with Crippen molar-refractivity contribution in [2.45, 2.75) is 108 Å². The number of rotatable bonds is 8. The van der Waals surface area contributed by atoms with Gasteiger partial charge in [0.15, 0.2) is 12.2 Å². The Labute approximate surface area is 166 Å². The largest absolute Gasteiger partial charge is 0.371 e. The molecular formula is C22H42N4O. The van der Waals surface area contributed by atoms with Gasteiger partial charge in [-0.05, 0) is 56.9 Å². The number of aliphatic hydroxyl groups is 1. The van der Waals surface area contributed by atoms with Gasteiger partial charge in [-0.25, -0.2) is 4.99 Å². The van der Waals surface area contributed by atoms with Crippen LogP contribution in [0.1, 0.15) is 90.4 Å². The molecule has 4 N–H and O–H groups in total. The predicted octanol–water partition coefficient (Wildman–Crippen LogP) is 3.61. The van der Waals surface area contributed by atoms with E-state index in [0.29, 0.717) is 17.9 Å². The van der Waals surface area contributed by atoms with E-state index >= 15 is 0 Å². The molecule has 156 valence electrons. The fourth-order valence-electron chi connectivity index (χ4n) is 5.73. The normalized spacial score (nSPS) is 35.4. The van der Waals surface area contributed by atoms with Crippen molar-refractivity contribution in [3.05, 3.63) is 0 Å². The summed E-state index contributed by atoms with van der Waals surface area (Å²) in [5.74, 6) is 1.97. The second-order valence-electron chi connectivity index (χ2n) is 9.49. The molecular weight excluding hydrogens is 336 g/mol. The van der Waals surface area contributed by atoms with Gasteiger partial charge >= 0.3 is 0 Å². The van der Waals surface area contributed by atoms with Gasteiger partial charge in [0.2, 0.25) is 0 Å². The number of guanidine groups is 1. The Kier molecular flexibility index (Phi) is 7.43. The second-order valence-corrected chi connectivity index (χ2v) is 9.49. The van der Waals surface area contributed by atoms with Crippen molar-refractivity contribution in [1.82, 2.24) is 10.2 Å². The smallest absolute Gasteiger partial charge is 0.193 e. The highest BCUT2D eigenvalue weighted by molar-refractivity contribution is 5.80. The van der Waals surface area contributed by atoms with Crippen LogP contribution in [0.25, 0.3) is 0 Å². The molecule has 3 aliphatic rings. The first-order chi connectivity index (χ1) is 13.0. The third-order valence-electron chi connectivity index (χ3n) is 7.36. The fourth-order valence-corrected chi connectivity index (χ4v) is 5.73. The molecule has 0 spiro atoms. The van der Waals surface area contributed by atoms with Crippen LogP contribution in [0.4, 0.5) is 0 Å². The summed E-state index contributed by atoms with van der Waals surface area (Å²) in [7, 11) is 1.89. The highest BCUT2D eigenvalue weighted by Gasteiger charge is 2.47. The van der Waals surface area contributed by atoms with E-state index in [1.165, 1.54) is 70.6 Å². The van der Waals surface area contributed by atoms with Gasteiger partial charge in [0.25, 0.3) is 0 Å². The fraction of sp³-hybridized carbons (Fsp3) is 0.955. The molecule has 2 fully saturated rings. The van der Waals surface area contributed by atoms with Crippen LogP contribution in [-0.2, 0) is 0 Å². The molecule has 0 aromatic rings. The molecule has 0 radical (unpaired) electrons. The van der Waals surface area contributed by atoms with E-state index in [1.54, 1.807) is 4.90 Å². The zero-order valence-electron chi connectivity index (χ0n) is 17.6. The first-order valence-electron chi connectivity index (χ1n) is 11.5. The Hall–Kier alpha value is -0.810. The van der Waals surface area contributed by atoms with Crippen molar-refractivity contribution in [1.29, 1.82) is 0 Å². The lowest BCUT2D eigenvalue weighted by molar-refractivity contribution is -0.00422. The van der Waals surface area contributed by atoms with Crippen LogP contribution in [0, 0.1) is 11.8 Å². The molecule has 0 saturated heterocycles. The van der Waals surface area contributed by atoms with Crippen LogP contribution in [0.3, 0.4) is 0 Å². The molecule has 1 heterocycles. The number of aliphatic imine (C=N–C) groups is 1. The quantitative estimate of drug-likeness (QED) is 0.603. The number of likely N-dealkylation sites (N-methyl/N-ethyl adjacent to an activating group) is 1. The maximum absolute atomic E-state index is 11.1. The third-order valence-corrected chi connectivity index (χ3v) is 7.36. The number of hydrogen-bond donors (Lipinski definition) is 3. The van der Waals surface area contributed by atoms with Crippen LogP contribution >= 0.6 is 0 Å². The minimum atomic E-state index is -0.565. The summed E-state index contributed by atoms with van der Waals surface area (Å²) < 4.78 is 0. The van der Waals surface area contributed by atoms with Gasteiger partial charge in [-0.1, -0.05) is 51.9 Å². The monoisotopic (exact) mass is 378 g/mol. The lowest BCUT2D eigenvalue weighted by Gasteiger charge is -2.39. The molecule has 1 aliphatic heterocycles. The molecule has 27 heavy (non-hydrogen) atoms. The Balaban J connectivity index is 1.65. The van der Waals surface area contributed by atoms with E-state index in [-0.39, 0.29) is 0 Å². The van der Waals surface area contributed by atoms with Crippen molar-refractivity contribution >= 4 is 5.96 Å². The van der Waals surface area contributed by atoms with Crippen molar-refractivity contribution in [2.24, 2.45) is 22.6 Å². The van der Waals surface area contributed by atoms with E-state index in [9.17, 15) is 5.11 Å². The molecule has 0 aromatic carbocycles. The zero-order valence-corrected chi connectivity index (χ0v) is 17.6. The molecule has 0 aromatic heterocycles. The molecule has 4 atom stereocenters. The molecule has 5 heteroatoms. The lowest BCUT2D eigenvalue weighted by Crippen LogP contribution is -2.48. The van der Waals surface area contributed by atoms with Crippen LogP contribution in [0.5, 0.6) is 0 Å². The number of hydrogen-bond acceptors (Lipinski definition) is 5. The Morgan fingerprint density at radius 2 is 1.89 bits per heavy atom. The van der Waals surface area contributed by atoms with Crippen LogP contribution in [-0.4, -0.2) is 47.4 Å². The SMILES string of the molecule is CCCN[C@@H]1CCC[C@@H](C[C@@]2(CCC3CCCCC3)N=C(N)N(C)C2O)C1. The molecule has 0 bridgehead atoms. The highest BCUT2D eigenvalue weighted by Crippen LogP contribution is 2.42. The standard InChI is InChI=1S/C22H42N4O/c1-3-14-24-19-11-7-10-18(15-19)16-22(20(27)26(2)21(23)25-22)13-12-17-8-5-4-6-9-17/h17-20,24,27H,3-16H2,1-2H3,(H2,23,25)/t18-,19-,20?,22-/m1/s1. The van der Waals surface area contributed by atoms with Gasteiger partial charge in [-0.2, -0.15) is 0 Å². The van der Waals surface area contributed by atoms with E-state index in [1.807, 2.05) is 7.05 Å². The third kappa shape index (κ3) is 5.17. The first kappa shape index (κ1) is 20.9. The Morgan fingerprint density at radius 3 is 2.56 bits per heavy atom. The van der Waals surface area contributed by atoms with E-state index in [4.69, 9.17) is 10.7 Å². The van der Waals surface area contributed by atoms with E-state index < -0.39 is 11.8 Å². The summed E-state index contributed by atoms with van der Waals surface area (Å²) in [5.41, 5.74) is 5.76. The van der Waals surface area contributed by atoms with Gasteiger partial charge in [-0.3, -0.25) is 0 Å². The summed E-state index contributed by atoms with van der Waals surface area (Å²) in [5, 5.41) is 14.8. The van der Waals surface area contributed by atoms with Crippen LogP contribution < -0.4 is 11.1 Å². The number of aliphatic hydroxyl groups excluding tert-OH is 1. The average Bonchev–Trinajstić information content (AvgIpc) is 2.90. The van der Waals surface area contributed by atoms with E-state index in [0.717, 1.165) is 25.3 Å². The van der Waals surface area contributed by atoms with Gasteiger partial charge in [0.1, 0.15) is 5.54 Å². The lowest BCUT2D eigenvalue weighted by atomic mass is 9.73. The maximum Gasteiger partial charge on any atom is 0.193 e. The van der Waals surface area contributed by atoms with Crippen molar-refractivity contribution in [2.75, 3.05) is 13.6 Å². The molecule has 1 unspecified atom stereocenters. The number of nitrogens with one attached hydrogen (secondary N) is 1. The van der Waals surface area contributed by atoms with Crippen molar-refractivity contribution in [3.63, 3.8) is 0 Å². The summed E-state index contributed by atoms with van der Waals surface area (Å²) in [6.45, 7) is 3.34. The van der Waals surface area contributed by atoms with Gasteiger partial charge in [0, 0.05) is 13.1 Å². The predicted molar refractivity (Wildman–Crippen MR) is 113 cm³/mol. The molecule has 2 aliphatic carbocycles. The van der Waals surface area contributed by atoms with Crippen LogP contribution in [0.15, 0.2) is 4.99 Å². The minimum Gasteiger partial charge on any atom is -0.371 e. The van der Waals surface area contributed by atoms with Crippen molar-refractivity contribution < 1.29 is 5.11 Å². The van der Waals surface area contributed by atoms with E-state index in [2.05, 4.69) is 12.2 Å². The highest BCUT2D eigenvalue weighted by atomic mass is 16.3. The Morgan fingerprint density at radius 1 is 1.15 bits per heavy atom. The Bertz CT molecular complexity index is 491. The second kappa shape index (κ2) is 9.60. The van der Waals surface area contributed by atoms with Crippen molar-refractivity contribution in [3.8, 4) is 0 Å². The maximum atomic E-state index is 11.1. The van der Waals surface area contributed by atoms with Gasteiger partial charge in [0.05, 0.1) is 0 Å². The van der Waals surface area contributed by atoms with Crippen LogP contribution in [0.2, 0.25) is 0 Å². The van der Waals surface area contributed by atoms with Gasteiger partial charge in [-0.15, -0.1) is 0 Å². The first-order valence-corrected chi connectivity index (χ1v) is 11.5. The minimum absolute atomic E-state index is 0.395. The summed E-state index contributed by atoms with van der Waals surface area (Å²) in [4.78, 5) is 6.69. The summed E-state index contributed by atoms with van der Waals surface area (Å²) in [6, 6.07) is 0.636. The molecule has 2 saturated carbocycles. The zero-order chi connectivity index (χ0) is 19.3. The topological polar surface area (TPSA) is 73.9 Å². The number of nitrogens with two attached hydrogens (primary N) is 1. The summed E-state index contributed by atoms with van der Waals surface area (Å²) in [6.07, 6.45) is 15.7.